The maximum absolute atomic E-state index is 11.7. The van der Waals surface area contributed by atoms with E-state index < -0.39 is 0 Å². The van der Waals surface area contributed by atoms with Crippen molar-refractivity contribution in [3.63, 3.8) is 0 Å². The summed E-state index contributed by atoms with van der Waals surface area (Å²) in [4.78, 5) is 14.1. The van der Waals surface area contributed by atoms with Crippen LogP contribution in [0.3, 0.4) is 0 Å². The molecule has 4 nitrogen and oxygen atoms in total. The zero-order valence-electron chi connectivity index (χ0n) is 12.2. The summed E-state index contributed by atoms with van der Waals surface area (Å²) in [6, 6.07) is 5.83. The first-order valence-electron chi connectivity index (χ1n) is 7.65. The van der Waals surface area contributed by atoms with Crippen LogP contribution >= 0.6 is 15.9 Å². The maximum atomic E-state index is 11.7. The highest BCUT2D eigenvalue weighted by Gasteiger charge is 2.37. The number of carbonyl (C=O) groups is 1. The van der Waals surface area contributed by atoms with Crippen LogP contribution in [0.4, 0.5) is 5.69 Å². The van der Waals surface area contributed by atoms with Gasteiger partial charge in [0.2, 0.25) is 0 Å². The smallest absolute Gasteiger partial charge is 0.250 e. The lowest BCUT2D eigenvalue weighted by Crippen LogP contribution is -2.51. The van der Waals surface area contributed by atoms with E-state index in [1.807, 2.05) is 18.2 Å². The second-order valence-corrected chi connectivity index (χ2v) is 7.25. The minimum atomic E-state index is -0.354. The molecule has 0 saturated carbocycles. The molecule has 1 spiro atoms. The zero-order valence-corrected chi connectivity index (χ0v) is 13.8. The van der Waals surface area contributed by atoms with E-state index in [2.05, 4.69) is 26.1 Å². The number of rotatable bonds is 2. The summed E-state index contributed by atoms with van der Waals surface area (Å²) in [7, 11) is 0. The molecular weight excluding hydrogens is 330 g/mol. The van der Waals surface area contributed by atoms with Gasteiger partial charge in [0.25, 0.3) is 5.91 Å². The van der Waals surface area contributed by atoms with Crippen molar-refractivity contribution in [2.45, 2.75) is 25.7 Å². The second-order valence-electron chi connectivity index (χ2n) is 6.33. The molecule has 3 N–H and O–H groups in total. The molecule has 2 fully saturated rings. The molecule has 1 atom stereocenters. The van der Waals surface area contributed by atoms with Gasteiger partial charge in [-0.15, -0.1) is 0 Å². The van der Waals surface area contributed by atoms with Crippen molar-refractivity contribution in [1.82, 2.24) is 5.32 Å². The Labute approximate surface area is 134 Å². The lowest BCUT2D eigenvalue weighted by atomic mass is 9.74. The molecule has 21 heavy (non-hydrogen) atoms. The predicted octanol–water partition coefficient (Wildman–Crippen LogP) is 2.52. The quantitative estimate of drug-likeness (QED) is 0.860. The Balaban J connectivity index is 1.88. The van der Waals surface area contributed by atoms with Crippen molar-refractivity contribution in [2.24, 2.45) is 11.1 Å². The molecule has 0 radical (unpaired) electrons. The molecule has 0 aromatic heterocycles. The van der Waals surface area contributed by atoms with E-state index in [0.717, 1.165) is 36.3 Å². The van der Waals surface area contributed by atoms with Crippen LogP contribution in [0.25, 0.3) is 0 Å². The molecule has 0 aliphatic carbocycles. The first-order chi connectivity index (χ1) is 10.1. The van der Waals surface area contributed by atoms with Crippen molar-refractivity contribution >= 4 is 27.5 Å². The third-order valence-electron chi connectivity index (χ3n) is 4.79. The van der Waals surface area contributed by atoms with Gasteiger partial charge in [-0.3, -0.25) is 4.79 Å². The highest BCUT2D eigenvalue weighted by Crippen LogP contribution is 2.38. The molecule has 1 aromatic rings. The van der Waals surface area contributed by atoms with Crippen molar-refractivity contribution < 1.29 is 4.79 Å². The summed E-state index contributed by atoms with van der Waals surface area (Å²) in [5.74, 6) is -0.354. The van der Waals surface area contributed by atoms with Gasteiger partial charge in [-0.2, -0.15) is 0 Å². The molecule has 2 aliphatic rings. The maximum Gasteiger partial charge on any atom is 0.250 e. The molecule has 1 amide bonds. The van der Waals surface area contributed by atoms with E-state index in [9.17, 15) is 4.79 Å². The van der Waals surface area contributed by atoms with Crippen LogP contribution in [0, 0.1) is 5.41 Å². The predicted molar refractivity (Wildman–Crippen MR) is 88.6 cm³/mol. The van der Waals surface area contributed by atoms with Gasteiger partial charge in [-0.05, 0) is 50.4 Å². The topological polar surface area (TPSA) is 58.4 Å². The van der Waals surface area contributed by atoms with Crippen LogP contribution in [-0.2, 0) is 0 Å². The van der Waals surface area contributed by atoms with Gasteiger partial charge < -0.3 is 16.0 Å². The number of primary amides is 1. The highest BCUT2D eigenvalue weighted by atomic mass is 79.9. The first-order valence-corrected chi connectivity index (χ1v) is 8.44. The summed E-state index contributed by atoms with van der Waals surface area (Å²) < 4.78 is 0.895. The Morgan fingerprint density at radius 3 is 2.86 bits per heavy atom. The number of benzene rings is 1. The third-order valence-corrected chi connectivity index (χ3v) is 5.28. The second kappa shape index (κ2) is 5.97. The van der Waals surface area contributed by atoms with Gasteiger partial charge in [-0.1, -0.05) is 15.9 Å². The number of nitrogens with one attached hydrogen (secondary N) is 1. The van der Waals surface area contributed by atoms with E-state index in [1.165, 1.54) is 25.7 Å². The number of anilines is 1. The van der Waals surface area contributed by atoms with Crippen LogP contribution in [0.15, 0.2) is 22.7 Å². The van der Waals surface area contributed by atoms with Crippen LogP contribution in [-0.4, -0.2) is 32.1 Å². The largest absolute Gasteiger partial charge is 0.370 e. The van der Waals surface area contributed by atoms with Crippen LogP contribution in [0.1, 0.15) is 36.0 Å². The number of carbonyl (C=O) groups excluding carboxylic acids is 1. The van der Waals surface area contributed by atoms with Gasteiger partial charge in [0.05, 0.1) is 5.56 Å². The van der Waals surface area contributed by atoms with E-state index in [-0.39, 0.29) is 5.91 Å². The molecule has 3 rings (SSSR count). The Bertz CT molecular complexity index is 535. The molecule has 5 heteroatoms. The minimum Gasteiger partial charge on any atom is -0.370 e. The lowest BCUT2D eigenvalue weighted by molar-refractivity contribution is 0.1000. The van der Waals surface area contributed by atoms with Gasteiger partial charge in [0.15, 0.2) is 0 Å². The molecule has 2 aliphatic heterocycles. The third kappa shape index (κ3) is 3.09. The molecule has 1 unspecified atom stereocenters. The SMILES string of the molecule is NC(=O)c1cc(Br)ccc1N1CCCC2(CCCNC2)C1. The average Bonchev–Trinajstić information content (AvgIpc) is 2.48. The number of halogens is 1. The molecule has 2 heterocycles. The Morgan fingerprint density at radius 2 is 2.14 bits per heavy atom. The summed E-state index contributed by atoms with van der Waals surface area (Å²) >= 11 is 3.42. The number of amides is 1. The Kier molecular flexibility index (Phi) is 4.22. The molecule has 0 bridgehead atoms. The molecule has 2 saturated heterocycles. The van der Waals surface area contributed by atoms with Gasteiger partial charge in [-0.25, -0.2) is 0 Å². The number of hydrogen-bond acceptors (Lipinski definition) is 3. The monoisotopic (exact) mass is 351 g/mol. The van der Waals surface area contributed by atoms with Gasteiger partial charge in [0.1, 0.15) is 0 Å². The van der Waals surface area contributed by atoms with Crippen molar-refractivity contribution in [2.75, 3.05) is 31.1 Å². The number of hydrogen-bond donors (Lipinski definition) is 2. The molecule has 1 aromatic carbocycles. The van der Waals surface area contributed by atoms with E-state index in [1.54, 1.807) is 0 Å². The van der Waals surface area contributed by atoms with Crippen LogP contribution in [0.2, 0.25) is 0 Å². The van der Waals surface area contributed by atoms with Crippen molar-refractivity contribution in [1.29, 1.82) is 0 Å². The number of nitrogens with zero attached hydrogens (tertiary/aromatic N) is 1. The fourth-order valence-corrected chi connectivity index (χ4v) is 4.13. The lowest BCUT2D eigenvalue weighted by Gasteiger charge is -2.46. The summed E-state index contributed by atoms with van der Waals surface area (Å²) in [6.45, 7) is 4.24. The van der Waals surface area contributed by atoms with E-state index in [0.29, 0.717) is 11.0 Å². The Hall–Kier alpha value is -1.07. The van der Waals surface area contributed by atoms with Crippen LogP contribution in [0.5, 0.6) is 0 Å². The normalized spacial score (nSPS) is 26.0. The fraction of sp³-hybridized carbons (Fsp3) is 0.562. The minimum absolute atomic E-state index is 0.354. The van der Waals surface area contributed by atoms with Crippen LogP contribution < -0.4 is 16.0 Å². The van der Waals surface area contributed by atoms with Crippen molar-refractivity contribution in [3.05, 3.63) is 28.2 Å². The molecule has 114 valence electrons. The Morgan fingerprint density at radius 1 is 1.33 bits per heavy atom. The number of piperidine rings is 2. The summed E-state index contributed by atoms with van der Waals surface area (Å²) in [5, 5.41) is 3.54. The average molecular weight is 352 g/mol. The summed E-state index contributed by atoms with van der Waals surface area (Å²) in [6.07, 6.45) is 4.98. The van der Waals surface area contributed by atoms with E-state index in [4.69, 9.17) is 5.73 Å². The molecular formula is C16H22BrN3O. The number of nitrogens with two attached hydrogens (primary N) is 1. The first kappa shape index (κ1) is 14.9. The van der Waals surface area contributed by atoms with Gasteiger partial charge in [0, 0.05) is 35.2 Å². The summed E-state index contributed by atoms with van der Waals surface area (Å²) in [5.41, 5.74) is 7.52. The van der Waals surface area contributed by atoms with E-state index >= 15 is 0 Å². The van der Waals surface area contributed by atoms with Crippen molar-refractivity contribution in [3.8, 4) is 0 Å². The fourth-order valence-electron chi connectivity index (χ4n) is 3.77. The van der Waals surface area contributed by atoms with Gasteiger partial charge >= 0.3 is 0 Å². The standard InChI is InChI=1S/C16H22BrN3O/c17-12-3-4-14(13(9-12)15(18)21)20-8-2-6-16(11-20)5-1-7-19-10-16/h3-4,9,19H,1-2,5-8,10-11H2,(H2,18,21). The zero-order chi connectivity index (χ0) is 14.9. The highest BCUT2D eigenvalue weighted by molar-refractivity contribution is 9.10.